The highest BCUT2D eigenvalue weighted by Gasteiger charge is 2.41. The number of likely N-dealkylation sites (tertiary alicyclic amines) is 1. The van der Waals surface area contributed by atoms with Gasteiger partial charge in [-0.2, -0.15) is 0 Å². The van der Waals surface area contributed by atoms with Gasteiger partial charge in [-0.25, -0.2) is 0 Å². The van der Waals surface area contributed by atoms with Crippen LogP contribution in [0.25, 0.3) is 0 Å². The van der Waals surface area contributed by atoms with Gasteiger partial charge in [0.25, 0.3) is 0 Å². The summed E-state index contributed by atoms with van der Waals surface area (Å²) in [6.45, 7) is 4.59. The van der Waals surface area contributed by atoms with Crippen molar-refractivity contribution in [3.63, 3.8) is 0 Å². The number of nitrogens with zero attached hydrogens (tertiary/aromatic N) is 1. The van der Waals surface area contributed by atoms with E-state index in [4.69, 9.17) is 12.2 Å². The maximum absolute atomic E-state index is 5.65. The minimum Gasteiger partial charge on any atom is -0.360 e. The second-order valence-electron chi connectivity index (χ2n) is 6.64. The maximum Gasteiger partial charge on any atom is 0.122 e. The fourth-order valence-corrected chi connectivity index (χ4v) is 5.31. The van der Waals surface area contributed by atoms with E-state index in [0.29, 0.717) is 9.36 Å². The van der Waals surface area contributed by atoms with Gasteiger partial charge in [-0.15, -0.1) is 0 Å². The van der Waals surface area contributed by atoms with Crippen LogP contribution in [-0.2, 0) is 0 Å². The molecule has 0 aromatic heterocycles. The summed E-state index contributed by atoms with van der Waals surface area (Å²) in [5.74, 6) is 0.805. The molecule has 0 amide bonds. The largest absolute Gasteiger partial charge is 0.360 e. The fraction of sp³-hybridized carbons (Fsp3) is 0.929. The summed E-state index contributed by atoms with van der Waals surface area (Å²) in [6, 6.07) is 1.30. The third-order valence-electron chi connectivity index (χ3n) is 4.57. The van der Waals surface area contributed by atoms with Crippen molar-refractivity contribution in [1.29, 1.82) is 0 Å². The number of hydrogen-bond donors (Lipinski definition) is 0. The molecule has 3 atom stereocenters. The van der Waals surface area contributed by atoms with Crippen molar-refractivity contribution in [3.05, 3.63) is 0 Å². The molecule has 1 aliphatic heterocycles. The average Bonchev–Trinajstić information content (AvgIpc) is 2.54. The first-order valence-corrected chi connectivity index (χ1v) is 8.89. The minimum atomic E-state index is 0.480. The topological polar surface area (TPSA) is 3.24 Å². The Labute approximate surface area is 132 Å². The predicted octanol–water partition coefficient (Wildman–Crippen LogP) is 3.53. The number of rotatable bonds is 1. The Hall–Kier alpha value is 0.685. The Kier molecular flexibility index (Phi) is 5.01. The molecule has 0 aromatic rings. The van der Waals surface area contributed by atoms with Crippen molar-refractivity contribution >= 4 is 47.6 Å². The summed E-state index contributed by atoms with van der Waals surface area (Å²) >= 11 is 8.35. The first kappa shape index (κ1) is 15.1. The van der Waals surface area contributed by atoms with Crippen LogP contribution >= 0.6 is 34.8 Å². The SMILES string of the molecule is BC1(I)CCCCCC2C(CC(=S)N2C(C)C)C1. The molecule has 4 heteroatoms. The lowest BCUT2D eigenvalue weighted by Gasteiger charge is -2.34. The summed E-state index contributed by atoms with van der Waals surface area (Å²) in [5, 5.41) is 0. The second-order valence-corrected chi connectivity index (χ2v) is 9.72. The molecule has 0 spiro atoms. The standard InChI is InChI=1S/C14H25BINS/c1-10(2)17-12-6-4-3-5-7-14(15,16)9-11(12)8-13(17)18/h10-12H,3-9,15H2,1-2H3. The van der Waals surface area contributed by atoms with E-state index in [1.165, 1.54) is 43.5 Å². The molecule has 1 heterocycles. The van der Waals surface area contributed by atoms with Crippen LogP contribution in [0.1, 0.15) is 58.8 Å². The van der Waals surface area contributed by atoms with Crippen molar-refractivity contribution in [2.24, 2.45) is 5.92 Å². The van der Waals surface area contributed by atoms with Gasteiger partial charge in [-0.1, -0.05) is 54.1 Å². The van der Waals surface area contributed by atoms with Crippen molar-refractivity contribution in [2.75, 3.05) is 0 Å². The molecule has 102 valence electrons. The van der Waals surface area contributed by atoms with E-state index in [2.05, 4.69) is 49.2 Å². The van der Waals surface area contributed by atoms with Crippen molar-refractivity contribution < 1.29 is 0 Å². The van der Waals surface area contributed by atoms with Gasteiger partial charge in [0, 0.05) is 18.5 Å². The Bertz CT molecular complexity index is 319. The molecule has 0 bridgehead atoms. The zero-order valence-corrected chi connectivity index (χ0v) is 14.9. The van der Waals surface area contributed by atoms with Crippen molar-refractivity contribution in [3.8, 4) is 0 Å². The minimum absolute atomic E-state index is 0.480. The Morgan fingerprint density at radius 2 is 2.11 bits per heavy atom. The average molecular weight is 377 g/mol. The van der Waals surface area contributed by atoms with Crippen LogP contribution in [0, 0.1) is 5.92 Å². The van der Waals surface area contributed by atoms with E-state index in [1.54, 1.807) is 0 Å². The van der Waals surface area contributed by atoms with Crippen LogP contribution in [0.3, 0.4) is 0 Å². The van der Waals surface area contributed by atoms with Gasteiger partial charge in [0.15, 0.2) is 0 Å². The molecule has 1 nitrogen and oxygen atoms in total. The van der Waals surface area contributed by atoms with Gasteiger partial charge in [-0.05, 0) is 42.3 Å². The lowest BCUT2D eigenvalue weighted by atomic mass is 9.75. The summed E-state index contributed by atoms with van der Waals surface area (Å²) in [4.78, 5) is 3.78. The summed E-state index contributed by atoms with van der Waals surface area (Å²) in [5.41, 5.74) is 0. The van der Waals surface area contributed by atoms with Crippen LogP contribution in [-0.4, -0.2) is 33.1 Å². The molecule has 2 aliphatic rings. The summed E-state index contributed by atoms with van der Waals surface area (Å²) < 4.78 is 0.480. The normalized spacial score (nSPS) is 38.2. The van der Waals surface area contributed by atoms with Crippen LogP contribution in [0.4, 0.5) is 0 Å². The van der Waals surface area contributed by atoms with E-state index in [0.717, 1.165) is 18.4 Å². The second kappa shape index (κ2) is 5.98. The predicted molar refractivity (Wildman–Crippen MR) is 94.5 cm³/mol. The highest BCUT2D eigenvalue weighted by Crippen LogP contribution is 2.41. The van der Waals surface area contributed by atoms with Crippen LogP contribution in [0.15, 0.2) is 0 Å². The van der Waals surface area contributed by atoms with E-state index < -0.39 is 0 Å². The molecule has 2 fully saturated rings. The monoisotopic (exact) mass is 377 g/mol. The number of thiocarbonyl (C=S) groups is 1. The van der Waals surface area contributed by atoms with Crippen LogP contribution in [0.2, 0.25) is 0 Å². The van der Waals surface area contributed by atoms with Gasteiger partial charge in [0.1, 0.15) is 7.85 Å². The third-order valence-corrected chi connectivity index (χ3v) is 5.93. The molecule has 0 radical (unpaired) electrons. The van der Waals surface area contributed by atoms with E-state index in [1.807, 2.05) is 0 Å². The molecule has 3 unspecified atom stereocenters. The Morgan fingerprint density at radius 1 is 1.39 bits per heavy atom. The molecule has 1 saturated heterocycles. The van der Waals surface area contributed by atoms with Gasteiger partial charge in [-0.3, -0.25) is 0 Å². The Morgan fingerprint density at radius 3 is 2.78 bits per heavy atom. The van der Waals surface area contributed by atoms with Crippen molar-refractivity contribution in [2.45, 2.75) is 74.2 Å². The zero-order chi connectivity index (χ0) is 13.3. The highest BCUT2D eigenvalue weighted by atomic mass is 127. The summed E-state index contributed by atoms with van der Waals surface area (Å²) in [7, 11) is 2.44. The highest BCUT2D eigenvalue weighted by molar-refractivity contribution is 14.1. The van der Waals surface area contributed by atoms with E-state index >= 15 is 0 Å². The first-order valence-electron chi connectivity index (χ1n) is 7.41. The molecule has 0 aromatic carbocycles. The molecular weight excluding hydrogens is 352 g/mol. The van der Waals surface area contributed by atoms with Crippen molar-refractivity contribution in [1.82, 2.24) is 4.90 Å². The van der Waals surface area contributed by atoms with Gasteiger partial charge in [0.05, 0.1) is 4.99 Å². The molecule has 2 rings (SSSR count). The molecule has 18 heavy (non-hydrogen) atoms. The summed E-state index contributed by atoms with van der Waals surface area (Å²) in [6.07, 6.45) is 9.45. The molecular formula is C14H25BINS. The first-order chi connectivity index (χ1) is 8.41. The number of halogens is 1. The zero-order valence-electron chi connectivity index (χ0n) is 11.9. The lowest BCUT2D eigenvalue weighted by Crippen LogP contribution is -2.40. The Balaban J connectivity index is 2.17. The number of alkyl halides is 1. The molecule has 1 aliphatic carbocycles. The van der Waals surface area contributed by atoms with Crippen LogP contribution < -0.4 is 0 Å². The lowest BCUT2D eigenvalue weighted by molar-refractivity contribution is 0.217. The number of hydrogen-bond acceptors (Lipinski definition) is 1. The van der Waals surface area contributed by atoms with Gasteiger partial charge in [0.2, 0.25) is 0 Å². The maximum atomic E-state index is 5.65. The number of fused-ring (bicyclic) bond motifs is 1. The van der Waals surface area contributed by atoms with Crippen LogP contribution in [0.5, 0.6) is 0 Å². The smallest absolute Gasteiger partial charge is 0.122 e. The van der Waals surface area contributed by atoms with E-state index in [-0.39, 0.29) is 0 Å². The van der Waals surface area contributed by atoms with Gasteiger partial charge < -0.3 is 4.90 Å². The van der Waals surface area contributed by atoms with Gasteiger partial charge >= 0.3 is 0 Å². The quantitative estimate of drug-likeness (QED) is 0.298. The molecule has 1 saturated carbocycles. The fourth-order valence-electron chi connectivity index (χ4n) is 3.80. The third kappa shape index (κ3) is 3.41. The van der Waals surface area contributed by atoms with E-state index in [9.17, 15) is 0 Å². The molecule has 0 N–H and O–H groups in total.